The summed E-state index contributed by atoms with van der Waals surface area (Å²) in [6.07, 6.45) is 3.85. The number of rotatable bonds is 5. The van der Waals surface area contributed by atoms with Gasteiger partial charge in [0.15, 0.2) is 5.60 Å². The summed E-state index contributed by atoms with van der Waals surface area (Å²) in [4.78, 5) is 13.1. The molecule has 3 aromatic rings. The monoisotopic (exact) mass is 410 g/mol. The van der Waals surface area contributed by atoms with Gasteiger partial charge in [0.25, 0.3) is 0 Å². The fraction of sp³-hybridized carbons (Fsp3) is 0.455. The summed E-state index contributed by atoms with van der Waals surface area (Å²) in [5.41, 5.74) is 6.13. The molecule has 0 radical (unpaired) electrons. The molecule has 2 aliphatic heterocycles. The molecule has 1 fully saturated rings. The predicted molar refractivity (Wildman–Crippen MR) is 113 cm³/mol. The van der Waals surface area contributed by atoms with Crippen molar-refractivity contribution in [3.05, 3.63) is 52.4 Å². The average Bonchev–Trinajstić information content (AvgIpc) is 3.35. The highest BCUT2D eigenvalue weighted by Crippen LogP contribution is 2.49. The van der Waals surface area contributed by atoms with Crippen molar-refractivity contribution in [2.75, 3.05) is 26.8 Å². The highest BCUT2D eigenvalue weighted by Gasteiger charge is 2.46. The summed E-state index contributed by atoms with van der Waals surface area (Å²) in [7, 11) is 1.74. The molecule has 0 N–H and O–H groups in total. The second-order valence-corrected chi connectivity index (χ2v) is 8.80. The van der Waals surface area contributed by atoms with Crippen LogP contribution in [-0.2, 0) is 23.4 Å². The fourth-order valence-corrected chi connectivity index (χ4v) is 5.34. The van der Waals surface area contributed by atoms with Crippen molar-refractivity contribution in [1.82, 2.24) is 19.4 Å². The second kappa shape index (κ2) is 7.55. The maximum Gasteiger partial charge on any atom is 0.153 e. The van der Waals surface area contributed by atoms with E-state index in [0.717, 1.165) is 61.7 Å². The predicted octanol–water partition coefficient (Wildman–Crippen LogP) is 3.85. The van der Waals surface area contributed by atoms with E-state index in [4.69, 9.17) is 14.5 Å². The molecule has 0 aliphatic carbocycles. The smallest absolute Gasteiger partial charge is 0.153 e. The molecule has 6 nitrogen and oxygen atoms in total. The first-order valence-electron chi connectivity index (χ1n) is 10.1. The minimum atomic E-state index is -0.326. The molecular formula is C22H26N4O2S. The summed E-state index contributed by atoms with van der Waals surface area (Å²) in [5, 5.41) is 0. The highest BCUT2D eigenvalue weighted by atomic mass is 32.1. The highest BCUT2D eigenvalue weighted by molar-refractivity contribution is 7.09. The zero-order valence-electron chi connectivity index (χ0n) is 16.9. The van der Waals surface area contributed by atoms with Gasteiger partial charge in [0, 0.05) is 56.6 Å². The van der Waals surface area contributed by atoms with Gasteiger partial charge in [-0.2, -0.15) is 0 Å². The normalized spacial score (nSPS) is 17.7. The fourth-order valence-electron chi connectivity index (χ4n) is 4.52. The third-order valence-corrected chi connectivity index (χ3v) is 7.05. The Bertz CT molecular complexity index is 1000. The first-order valence-corrected chi connectivity index (χ1v) is 11.0. The Hall–Kier alpha value is -2.22. The van der Waals surface area contributed by atoms with Gasteiger partial charge in [-0.25, -0.2) is 9.97 Å². The zero-order chi connectivity index (χ0) is 19.8. The Kier molecular flexibility index (Phi) is 4.89. The third-order valence-electron chi connectivity index (χ3n) is 6.13. The van der Waals surface area contributed by atoms with Gasteiger partial charge < -0.3 is 14.0 Å². The number of aryl methyl sites for hydroxylation is 1. The average molecular weight is 411 g/mol. The first kappa shape index (κ1) is 18.8. The lowest BCUT2D eigenvalue weighted by atomic mass is 9.83. The van der Waals surface area contributed by atoms with Crippen molar-refractivity contribution in [2.45, 2.75) is 38.5 Å². The van der Waals surface area contributed by atoms with E-state index in [1.54, 1.807) is 18.4 Å². The van der Waals surface area contributed by atoms with E-state index in [2.05, 4.69) is 39.6 Å². The first-order chi connectivity index (χ1) is 14.2. The molecule has 5 rings (SSSR count). The number of likely N-dealkylation sites (tertiary alicyclic amines) is 1. The van der Waals surface area contributed by atoms with Gasteiger partial charge in [0.1, 0.15) is 5.75 Å². The Morgan fingerprint density at radius 2 is 2.03 bits per heavy atom. The van der Waals surface area contributed by atoms with Crippen LogP contribution in [0.2, 0.25) is 0 Å². The topological polar surface area (TPSA) is 52.4 Å². The van der Waals surface area contributed by atoms with Crippen LogP contribution in [0, 0.1) is 6.92 Å². The minimum Gasteiger partial charge on any atom is -0.480 e. The number of hydrogen-bond acceptors (Lipinski definition) is 6. The van der Waals surface area contributed by atoms with Crippen molar-refractivity contribution in [3.8, 4) is 17.0 Å². The summed E-state index contributed by atoms with van der Waals surface area (Å²) >= 11 is 1.75. The van der Waals surface area contributed by atoms with Crippen molar-refractivity contribution in [3.63, 3.8) is 0 Å². The van der Waals surface area contributed by atoms with Crippen LogP contribution in [-0.4, -0.2) is 46.2 Å². The van der Waals surface area contributed by atoms with Crippen LogP contribution in [0.25, 0.3) is 11.3 Å². The molecule has 1 aromatic carbocycles. The number of imidazole rings is 1. The number of piperidine rings is 1. The molecule has 2 aromatic heterocycles. The lowest BCUT2D eigenvalue weighted by molar-refractivity contribution is -0.0134. The third kappa shape index (κ3) is 3.27. The van der Waals surface area contributed by atoms with Gasteiger partial charge >= 0.3 is 0 Å². The maximum absolute atomic E-state index is 6.74. The number of aromatic nitrogens is 3. The number of ether oxygens (including phenoxy) is 2. The van der Waals surface area contributed by atoms with Crippen LogP contribution in [0.4, 0.5) is 0 Å². The van der Waals surface area contributed by atoms with Gasteiger partial charge in [-0.05, 0) is 19.1 Å². The molecule has 0 unspecified atom stereocenters. The molecule has 7 heteroatoms. The molecule has 29 heavy (non-hydrogen) atoms. The molecule has 0 atom stereocenters. The molecule has 1 spiro atoms. The SMILES string of the molecule is COCCn1cnc2c1C1(CCN(Cc3scnc3C)CC1)Oc1ccccc1-2. The van der Waals surface area contributed by atoms with E-state index in [9.17, 15) is 0 Å². The lowest BCUT2D eigenvalue weighted by Crippen LogP contribution is -2.48. The van der Waals surface area contributed by atoms with Crippen LogP contribution >= 0.6 is 11.3 Å². The number of thiazole rings is 1. The van der Waals surface area contributed by atoms with Crippen LogP contribution in [0.1, 0.15) is 29.1 Å². The van der Waals surface area contributed by atoms with Crippen molar-refractivity contribution < 1.29 is 9.47 Å². The quantitative estimate of drug-likeness (QED) is 0.640. The number of para-hydroxylation sites is 1. The van der Waals surface area contributed by atoms with Gasteiger partial charge in [0.2, 0.25) is 0 Å². The van der Waals surface area contributed by atoms with Gasteiger partial charge in [0.05, 0.1) is 35.5 Å². The van der Waals surface area contributed by atoms with E-state index in [0.29, 0.717) is 6.61 Å². The molecule has 4 heterocycles. The van der Waals surface area contributed by atoms with Crippen molar-refractivity contribution in [2.24, 2.45) is 0 Å². The van der Waals surface area contributed by atoms with Crippen LogP contribution in [0.5, 0.6) is 5.75 Å². The lowest BCUT2D eigenvalue weighted by Gasteiger charge is -2.44. The minimum absolute atomic E-state index is 0.326. The number of hydrogen-bond donors (Lipinski definition) is 0. The van der Waals surface area contributed by atoms with E-state index in [1.807, 2.05) is 17.9 Å². The number of methoxy groups -OCH3 is 1. The summed E-state index contributed by atoms with van der Waals surface area (Å²) in [6.45, 7) is 6.51. The zero-order valence-corrected chi connectivity index (χ0v) is 17.7. The van der Waals surface area contributed by atoms with E-state index in [1.165, 1.54) is 10.6 Å². The second-order valence-electron chi connectivity index (χ2n) is 7.86. The Morgan fingerprint density at radius 3 is 2.79 bits per heavy atom. The van der Waals surface area contributed by atoms with Crippen molar-refractivity contribution in [1.29, 1.82) is 0 Å². The molecule has 152 valence electrons. The number of fused-ring (bicyclic) bond motifs is 4. The molecule has 0 amide bonds. The largest absolute Gasteiger partial charge is 0.480 e. The molecule has 1 saturated heterocycles. The maximum atomic E-state index is 6.74. The van der Waals surface area contributed by atoms with E-state index in [-0.39, 0.29) is 5.60 Å². The van der Waals surface area contributed by atoms with Gasteiger partial charge in [-0.3, -0.25) is 4.90 Å². The van der Waals surface area contributed by atoms with E-state index < -0.39 is 0 Å². The van der Waals surface area contributed by atoms with Crippen LogP contribution in [0.15, 0.2) is 36.1 Å². The molecule has 0 saturated carbocycles. The standard InChI is InChI=1S/C22H26N4O2S/c1-16-19(29-15-24-16)13-25-9-7-22(8-10-25)21-20(23-14-26(21)11-12-27-2)17-5-3-4-6-18(17)28-22/h3-6,14-15H,7-13H2,1-2H3. The molecule has 2 aliphatic rings. The molecule has 0 bridgehead atoms. The van der Waals surface area contributed by atoms with Crippen molar-refractivity contribution >= 4 is 11.3 Å². The van der Waals surface area contributed by atoms with E-state index >= 15 is 0 Å². The summed E-state index contributed by atoms with van der Waals surface area (Å²) < 4.78 is 14.3. The molecular weight excluding hydrogens is 384 g/mol. The van der Waals surface area contributed by atoms with Gasteiger partial charge in [-0.15, -0.1) is 11.3 Å². The van der Waals surface area contributed by atoms with Gasteiger partial charge in [-0.1, -0.05) is 12.1 Å². The Balaban J connectivity index is 1.45. The Morgan fingerprint density at radius 1 is 1.21 bits per heavy atom. The number of nitrogens with zero attached hydrogens (tertiary/aromatic N) is 4. The summed E-state index contributed by atoms with van der Waals surface area (Å²) in [5.74, 6) is 0.948. The summed E-state index contributed by atoms with van der Waals surface area (Å²) in [6, 6.07) is 8.27. The van der Waals surface area contributed by atoms with Crippen LogP contribution in [0.3, 0.4) is 0 Å². The Labute approximate surface area is 175 Å². The number of benzene rings is 1. The van der Waals surface area contributed by atoms with Crippen LogP contribution < -0.4 is 4.74 Å².